The molecule has 1 saturated heterocycles. The molecule has 2 atom stereocenters. The van der Waals surface area contributed by atoms with E-state index in [1.165, 1.54) is 12.8 Å². The molecule has 112 valence electrons. The molecule has 4 heteroatoms. The molecule has 1 aromatic carbocycles. The first kappa shape index (κ1) is 15.4. The van der Waals surface area contributed by atoms with Crippen LogP contribution >= 0.6 is 0 Å². The van der Waals surface area contributed by atoms with Crippen molar-refractivity contribution >= 4 is 24.4 Å². The number of aliphatic imine (C=N–C) groups is 1. The molecular formula is C17H23N3O. The van der Waals surface area contributed by atoms with Crippen LogP contribution < -0.4 is 10.6 Å². The van der Waals surface area contributed by atoms with E-state index in [2.05, 4.69) is 35.8 Å². The summed E-state index contributed by atoms with van der Waals surface area (Å²) in [6.07, 6.45) is 4.10. The average Bonchev–Trinajstić information content (AvgIpc) is 2.52. The average molecular weight is 285 g/mol. The van der Waals surface area contributed by atoms with Gasteiger partial charge in [-0.15, -0.1) is 0 Å². The fraction of sp³-hybridized carbons (Fsp3) is 0.412. The molecule has 1 heterocycles. The smallest absolute Gasteiger partial charge is 0.253 e. The first-order valence-corrected chi connectivity index (χ1v) is 7.41. The van der Waals surface area contributed by atoms with Crippen LogP contribution in [-0.4, -0.2) is 31.8 Å². The number of rotatable bonds is 5. The second-order valence-electron chi connectivity index (χ2n) is 5.50. The Hall–Kier alpha value is -1.94. The van der Waals surface area contributed by atoms with Gasteiger partial charge in [0.2, 0.25) is 0 Å². The Bertz CT molecular complexity index is 539. The molecule has 1 aromatic rings. The van der Waals surface area contributed by atoms with Gasteiger partial charge in [0.25, 0.3) is 5.91 Å². The van der Waals surface area contributed by atoms with Crippen molar-refractivity contribution in [2.24, 2.45) is 10.9 Å². The first-order valence-electron chi connectivity index (χ1n) is 7.41. The van der Waals surface area contributed by atoms with Crippen molar-refractivity contribution < 1.29 is 4.79 Å². The van der Waals surface area contributed by atoms with Gasteiger partial charge in [0.05, 0.1) is 11.3 Å². The maximum atomic E-state index is 12.4. The summed E-state index contributed by atoms with van der Waals surface area (Å²) in [5.41, 5.74) is 1.96. The molecule has 0 radical (unpaired) electrons. The van der Waals surface area contributed by atoms with Crippen LogP contribution in [0.5, 0.6) is 0 Å². The van der Waals surface area contributed by atoms with Gasteiger partial charge in [-0.2, -0.15) is 0 Å². The number of hydrogen-bond donors (Lipinski definition) is 2. The number of piperidine rings is 1. The van der Waals surface area contributed by atoms with Gasteiger partial charge >= 0.3 is 0 Å². The fourth-order valence-corrected chi connectivity index (χ4v) is 2.77. The summed E-state index contributed by atoms with van der Waals surface area (Å²) in [6.45, 7) is 11.2. The highest BCUT2D eigenvalue weighted by atomic mass is 16.1. The van der Waals surface area contributed by atoms with Crippen LogP contribution in [0.4, 0.5) is 5.69 Å². The minimum atomic E-state index is -0.110. The molecule has 2 N–H and O–H groups in total. The molecule has 1 aliphatic heterocycles. The number of hydrogen-bond acceptors (Lipinski definition) is 3. The van der Waals surface area contributed by atoms with Gasteiger partial charge in [0, 0.05) is 18.2 Å². The zero-order chi connectivity index (χ0) is 15.2. The molecule has 4 nitrogen and oxygen atoms in total. The Morgan fingerprint density at radius 3 is 3.05 bits per heavy atom. The molecule has 0 unspecified atom stereocenters. The lowest BCUT2D eigenvalue weighted by atomic mass is 9.92. The van der Waals surface area contributed by atoms with E-state index in [9.17, 15) is 4.79 Å². The van der Waals surface area contributed by atoms with Crippen LogP contribution in [0.1, 0.15) is 35.7 Å². The SMILES string of the molecule is C=Cc1cccc(C(=O)NC[C@H]2NCCC[C@H]2C)c1N=C. The fourth-order valence-electron chi connectivity index (χ4n) is 2.77. The van der Waals surface area contributed by atoms with E-state index in [1.807, 2.05) is 12.1 Å². The summed E-state index contributed by atoms with van der Waals surface area (Å²) in [5.74, 6) is 0.469. The van der Waals surface area contributed by atoms with Crippen molar-refractivity contribution in [2.75, 3.05) is 13.1 Å². The van der Waals surface area contributed by atoms with Crippen LogP contribution in [0.15, 0.2) is 29.8 Å². The maximum absolute atomic E-state index is 12.4. The third-order valence-electron chi connectivity index (χ3n) is 4.10. The van der Waals surface area contributed by atoms with Gasteiger partial charge in [0.15, 0.2) is 0 Å². The molecule has 0 aliphatic carbocycles. The Labute approximate surface area is 126 Å². The second-order valence-corrected chi connectivity index (χ2v) is 5.50. The third-order valence-corrected chi connectivity index (χ3v) is 4.10. The third kappa shape index (κ3) is 3.58. The molecule has 1 aliphatic rings. The van der Waals surface area contributed by atoms with Crippen molar-refractivity contribution in [3.05, 3.63) is 35.9 Å². The first-order chi connectivity index (χ1) is 10.2. The van der Waals surface area contributed by atoms with Gasteiger partial charge in [-0.3, -0.25) is 9.79 Å². The van der Waals surface area contributed by atoms with Crippen molar-refractivity contribution in [3.63, 3.8) is 0 Å². The highest BCUT2D eigenvalue weighted by molar-refractivity contribution is 6.00. The number of nitrogens with zero attached hydrogens (tertiary/aromatic N) is 1. The lowest BCUT2D eigenvalue weighted by molar-refractivity contribution is 0.0944. The minimum absolute atomic E-state index is 0.110. The quantitative estimate of drug-likeness (QED) is 0.817. The normalized spacial score (nSPS) is 21.6. The van der Waals surface area contributed by atoms with Gasteiger partial charge in [0.1, 0.15) is 0 Å². The zero-order valence-electron chi connectivity index (χ0n) is 12.6. The van der Waals surface area contributed by atoms with E-state index in [0.29, 0.717) is 29.8 Å². The lowest BCUT2D eigenvalue weighted by Gasteiger charge is -2.30. The highest BCUT2D eigenvalue weighted by Crippen LogP contribution is 2.25. The van der Waals surface area contributed by atoms with Crippen LogP contribution in [-0.2, 0) is 0 Å². The standard InChI is InChI=1S/C17H23N3O/c1-4-13-8-5-9-14(16(13)18-3)17(21)20-11-15-12(2)7-6-10-19-15/h4-5,8-9,12,15,19H,1,3,6-7,10-11H2,2H3,(H,20,21)/t12-,15-/m1/s1. The number of amides is 1. The van der Waals surface area contributed by atoms with Crippen LogP contribution in [0.25, 0.3) is 6.08 Å². The molecule has 0 aromatic heterocycles. The zero-order valence-corrected chi connectivity index (χ0v) is 12.6. The van der Waals surface area contributed by atoms with Crippen LogP contribution in [0.3, 0.4) is 0 Å². The summed E-state index contributed by atoms with van der Waals surface area (Å²) in [7, 11) is 0. The topological polar surface area (TPSA) is 53.5 Å². The lowest BCUT2D eigenvalue weighted by Crippen LogP contribution is -2.47. The summed E-state index contributed by atoms with van der Waals surface area (Å²) in [6, 6.07) is 5.82. The number of para-hydroxylation sites is 1. The van der Waals surface area contributed by atoms with E-state index < -0.39 is 0 Å². The summed E-state index contributed by atoms with van der Waals surface area (Å²) in [5, 5.41) is 6.46. The highest BCUT2D eigenvalue weighted by Gasteiger charge is 2.22. The Morgan fingerprint density at radius 1 is 1.57 bits per heavy atom. The van der Waals surface area contributed by atoms with E-state index in [1.54, 1.807) is 12.1 Å². The van der Waals surface area contributed by atoms with E-state index in [0.717, 1.165) is 12.1 Å². The Kier molecular flexibility index (Phi) is 5.28. The second kappa shape index (κ2) is 7.18. The summed E-state index contributed by atoms with van der Waals surface area (Å²) < 4.78 is 0. The molecule has 1 fully saturated rings. The molecule has 0 spiro atoms. The van der Waals surface area contributed by atoms with Gasteiger partial charge < -0.3 is 10.6 Å². The predicted molar refractivity (Wildman–Crippen MR) is 88.3 cm³/mol. The monoisotopic (exact) mass is 285 g/mol. The molecule has 0 saturated carbocycles. The van der Waals surface area contributed by atoms with Crippen molar-refractivity contribution in [2.45, 2.75) is 25.8 Å². The molecule has 0 bridgehead atoms. The summed E-state index contributed by atoms with van der Waals surface area (Å²) in [4.78, 5) is 16.4. The van der Waals surface area contributed by atoms with Crippen molar-refractivity contribution in [1.82, 2.24) is 10.6 Å². The number of carbonyl (C=O) groups excluding carboxylic acids is 1. The van der Waals surface area contributed by atoms with Crippen molar-refractivity contribution in [3.8, 4) is 0 Å². The van der Waals surface area contributed by atoms with E-state index in [-0.39, 0.29) is 5.91 Å². The summed E-state index contributed by atoms with van der Waals surface area (Å²) >= 11 is 0. The van der Waals surface area contributed by atoms with Gasteiger partial charge in [-0.05, 0) is 38.1 Å². The van der Waals surface area contributed by atoms with Crippen LogP contribution in [0.2, 0.25) is 0 Å². The van der Waals surface area contributed by atoms with Crippen molar-refractivity contribution in [1.29, 1.82) is 0 Å². The van der Waals surface area contributed by atoms with E-state index >= 15 is 0 Å². The molecule has 21 heavy (non-hydrogen) atoms. The molecule has 2 rings (SSSR count). The number of benzene rings is 1. The predicted octanol–water partition coefficient (Wildman–Crippen LogP) is 2.78. The molecule has 1 amide bonds. The van der Waals surface area contributed by atoms with Gasteiger partial charge in [-0.25, -0.2) is 0 Å². The number of carbonyl (C=O) groups is 1. The number of nitrogens with one attached hydrogen (secondary N) is 2. The Balaban J connectivity index is 2.06. The molecular weight excluding hydrogens is 262 g/mol. The largest absolute Gasteiger partial charge is 0.350 e. The van der Waals surface area contributed by atoms with Crippen LogP contribution in [0, 0.1) is 5.92 Å². The van der Waals surface area contributed by atoms with Gasteiger partial charge in [-0.1, -0.05) is 31.7 Å². The van der Waals surface area contributed by atoms with E-state index in [4.69, 9.17) is 0 Å². The minimum Gasteiger partial charge on any atom is -0.350 e. The maximum Gasteiger partial charge on any atom is 0.253 e. The Morgan fingerprint density at radius 2 is 2.38 bits per heavy atom.